The lowest BCUT2D eigenvalue weighted by Crippen LogP contribution is -2.30. The molecule has 572 valence electrons. The molecule has 0 heterocycles. The highest BCUT2D eigenvalue weighted by molar-refractivity contribution is 7.47. The summed E-state index contributed by atoms with van der Waals surface area (Å²) in [6, 6.07) is 0. The Morgan fingerprint density at radius 1 is 0.290 bits per heavy atom. The summed E-state index contributed by atoms with van der Waals surface area (Å²) < 4.78 is 68.4. The van der Waals surface area contributed by atoms with Gasteiger partial charge in [0, 0.05) is 25.7 Å². The van der Waals surface area contributed by atoms with E-state index in [2.05, 4.69) is 149 Å². The van der Waals surface area contributed by atoms with E-state index in [9.17, 15) is 43.2 Å². The van der Waals surface area contributed by atoms with E-state index in [0.29, 0.717) is 32.1 Å². The first-order valence-corrected chi connectivity index (χ1v) is 41.4. The van der Waals surface area contributed by atoms with Crippen molar-refractivity contribution in [2.75, 3.05) is 39.6 Å². The van der Waals surface area contributed by atoms with Gasteiger partial charge in [-0.05, 0) is 148 Å². The summed E-state index contributed by atoms with van der Waals surface area (Å²) in [5.74, 6) is -2.28. The normalized spacial score (nSPS) is 14.7. The summed E-state index contributed by atoms with van der Waals surface area (Å²) in [5, 5.41) is 10.6. The Bertz CT molecular complexity index is 2420. The minimum Gasteiger partial charge on any atom is -0.462 e. The molecule has 0 saturated carbocycles. The Balaban J connectivity index is 5.37. The van der Waals surface area contributed by atoms with Gasteiger partial charge in [-0.25, -0.2) is 9.13 Å². The van der Waals surface area contributed by atoms with Gasteiger partial charge in [-0.2, -0.15) is 0 Å². The summed E-state index contributed by atoms with van der Waals surface area (Å²) in [4.78, 5) is 72.8. The molecule has 0 spiro atoms. The van der Waals surface area contributed by atoms with Gasteiger partial charge in [0.25, 0.3) is 0 Å². The molecule has 0 saturated heterocycles. The Morgan fingerprint density at radius 2 is 0.540 bits per heavy atom. The van der Waals surface area contributed by atoms with Gasteiger partial charge in [-0.1, -0.05) is 258 Å². The van der Waals surface area contributed by atoms with Crippen molar-refractivity contribution < 1.29 is 80.2 Å². The van der Waals surface area contributed by atoms with Gasteiger partial charge in [-0.15, -0.1) is 0 Å². The number of carbonyl (C=O) groups is 4. The van der Waals surface area contributed by atoms with Gasteiger partial charge >= 0.3 is 39.5 Å². The quantitative estimate of drug-likeness (QED) is 0.0169. The lowest BCUT2D eigenvalue weighted by atomic mass is 10.1. The van der Waals surface area contributed by atoms with Crippen molar-refractivity contribution in [1.82, 2.24) is 0 Å². The molecule has 5 atom stereocenters. The molecule has 5 unspecified atom stereocenters. The number of ether oxygens (including phenoxy) is 4. The van der Waals surface area contributed by atoms with Gasteiger partial charge in [0.15, 0.2) is 12.2 Å². The first-order valence-electron chi connectivity index (χ1n) is 38.4. The number of aliphatic hydroxyl groups excluding tert-OH is 1. The van der Waals surface area contributed by atoms with Gasteiger partial charge in [0.1, 0.15) is 19.3 Å². The van der Waals surface area contributed by atoms with Crippen LogP contribution in [-0.4, -0.2) is 96.7 Å². The maximum atomic E-state index is 13.1. The van der Waals surface area contributed by atoms with E-state index in [1.165, 1.54) is 38.5 Å². The highest BCUT2D eigenvalue weighted by Crippen LogP contribution is 2.45. The third-order valence-corrected chi connectivity index (χ3v) is 17.5. The molecule has 0 fully saturated rings. The van der Waals surface area contributed by atoms with E-state index in [1.807, 2.05) is 12.2 Å². The second-order valence-electron chi connectivity index (χ2n) is 25.2. The number of hydrogen-bond donors (Lipinski definition) is 3. The monoisotopic (exact) mass is 1440 g/mol. The number of esters is 4. The predicted molar refractivity (Wildman–Crippen MR) is 408 cm³/mol. The predicted octanol–water partition coefficient (Wildman–Crippen LogP) is 22.1. The first kappa shape index (κ1) is 95.2. The fourth-order valence-corrected chi connectivity index (χ4v) is 11.3. The fourth-order valence-electron chi connectivity index (χ4n) is 9.75. The third kappa shape index (κ3) is 71.6. The van der Waals surface area contributed by atoms with Gasteiger partial charge in [0.05, 0.1) is 26.4 Å². The number of phosphoric ester groups is 2. The van der Waals surface area contributed by atoms with Crippen LogP contribution < -0.4 is 0 Å². The Kier molecular flexibility index (Phi) is 69.1. The van der Waals surface area contributed by atoms with Crippen LogP contribution in [-0.2, 0) is 65.4 Å². The molecule has 0 aliphatic carbocycles. The highest BCUT2D eigenvalue weighted by atomic mass is 31.2. The molecule has 17 nitrogen and oxygen atoms in total. The summed E-state index contributed by atoms with van der Waals surface area (Å²) >= 11 is 0. The number of aliphatic hydroxyl groups is 1. The van der Waals surface area contributed by atoms with E-state index < -0.39 is 97.5 Å². The second-order valence-corrected chi connectivity index (χ2v) is 28.1. The lowest BCUT2D eigenvalue weighted by molar-refractivity contribution is -0.161. The molecule has 0 rings (SSSR count). The van der Waals surface area contributed by atoms with E-state index in [0.717, 1.165) is 173 Å². The van der Waals surface area contributed by atoms with Crippen molar-refractivity contribution in [2.24, 2.45) is 0 Å². The minimum absolute atomic E-state index is 0.0692. The zero-order valence-electron chi connectivity index (χ0n) is 62.3. The summed E-state index contributed by atoms with van der Waals surface area (Å²) in [6.07, 6.45) is 80.2. The number of phosphoric acid groups is 2. The Morgan fingerprint density at radius 3 is 0.880 bits per heavy atom. The molecule has 100 heavy (non-hydrogen) atoms. The third-order valence-electron chi connectivity index (χ3n) is 15.6. The standard InChI is InChI=1S/C81H136O17P2/c1-5-9-13-17-21-25-29-32-34-36-37-39-41-44-47-50-54-58-62-66-79(84)92-72-77(98-81(86)68-64-60-56-52-48-42-31-27-23-19-15-11-7-3)74-96-100(89,90)94-70-75(82)69-93-99(87,88)95-73-76(97-80(85)67-63-59-55-51-45-28-24-20-16-12-8-4)71-91-78(83)65-61-57-53-49-46-43-40-38-35-33-30-26-22-18-14-10-6-2/h9-10,13-14,20-22,24-27,31-35,37,39-40,43,49,53,75-77,82H,5-8,11-12,15-19,23,28-30,36,38,41-42,44-48,50-52,54-74H2,1-4H3,(H,87,88)(H,89,90)/b13-9-,14-10-,24-20-,25-21-,26-22-,31-27-,34-32-,35-33-,39-37-,43-40-,53-49-. The van der Waals surface area contributed by atoms with Crippen LogP contribution in [0.15, 0.2) is 134 Å². The van der Waals surface area contributed by atoms with Gasteiger partial charge < -0.3 is 33.8 Å². The average molecular weight is 1440 g/mol. The molecular weight excluding hydrogens is 1310 g/mol. The van der Waals surface area contributed by atoms with Crippen LogP contribution in [0.4, 0.5) is 0 Å². The van der Waals surface area contributed by atoms with Crippen molar-refractivity contribution in [3.8, 4) is 0 Å². The van der Waals surface area contributed by atoms with Crippen molar-refractivity contribution in [1.29, 1.82) is 0 Å². The largest absolute Gasteiger partial charge is 0.472 e. The molecule has 0 aromatic heterocycles. The number of rotatable bonds is 71. The van der Waals surface area contributed by atoms with Crippen LogP contribution in [0.5, 0.6) is 0 Å². The van der Waals surface area contributed by atoms with Crippen molar-refractivity contribution >= 4 is 39.5 Å². The average Bonchev–Trinajstić information content (AvgIpc) is 0.937. The highest BCUT2D eigenvalue weighted by Gasteiger charge is 2.30. The smallest absolute Gasteiger partial charge is 0.462 e. The van der Waals surface area contributed by atoms with Crippen molar-refractivity contribution in [3.63, 3.8) is 0 Å². The molecule has 0 radical (unpaired) electrons. The maximum Gasteiger partial charge on any atom is 0.472 e. The van der Waals surface area contributed by atoms with Crippen LogP contribution in [0.3, 0.4) is 0 Å². The Hall–Kier alpha value is -4.80. The molecule has 0 aromatic rings. The summed E-state index contributed by atoms with van der Waals surface area (Å²) in [7, 11) is -9.98. The second kappa shape index (κ2) is 72.5. The summed E-state index contributed by atoms with van der Waals surface area (Å²) in [5.41, 5.74) is 0. The molecule has 0 aliphatic heterocycles. The number of hydrogen-bond acceptors (Lipinski definition) is 15. The number of carbonyl (C=O) groups excluding carboxylic acids is 4. The molecular formula is C81H136O17P2. The van der Waals surface area contributed by atoms with E-state index in [1.54, 1.807) is 0 Å². The van der Waals surface area contributed by atoms with Crippen LogP contribution in [0.25, 0.3) is 0 Å². The molecule has 0 aliphatic rings. The molecule has 0 amide bonds. The number of unbranched alkanes of at least 4 members (excludes halogenated alkanes) is 23. The maximum absolute atomic E-state index is 13.1. The molecule has 3 N–H and O–H groups in total. The van der Waals surface area contributed by atoms with Crippen LogP contribution in [0.2, 0.25) is 0 Å². The number of allylic oxidation sites excluding steroid dienone is 22. The van der Waals surface area contributed by atoms with E-state index in [-0.39, 0.29) is 25.7 Å². The SMILES string of the molecule is CC/C=C\C/C=C\C/C=C\C/C=C\C/C=C\CCCC(=O)OCC(COP(=O)(O)OCC(O)COP(=O)(O)OCC(COC(=O)CCCCCCCC/C=C\C/C=C\C/C=C\C/C=C\CC)OC(=O)CCCCCCC/C=C\CCCCCC)OC(=O)CCCCCCC/C=C\CCCC. The van der Waals surface area contributed by atoms with Gasteiger partial charge in [0.2, 0.25) is 0 Å². The minimum atomic E-state index is -4.99. The Labute approximate surface area is 605 Å². The first-order chi connectivity index (χ1) is 48.7. The van der Waals surface area contributed by atoms with Crippen LogP contribution >= 0.6 is 15.6 Å². The summed E-state index contributed by atoms with van der Waals surface area (Å²) in [6.45, 7) is 4.48. The van der Waals surface area contributed by atoms with Crippen molar-refractivity contribution in [3.05, 3.63) is 134 Å². The van der Waals surface area contributed by atoms with Crippen LogP contribution in [0.1, 0.15) is 297 Å². The topological polar surface area (TPSA) is 237 Å². The molecule has 19 heteroatoms. The van der Waals surface area contributed by atoms with Crippen LogP contribution in [0, 0.1) is 0 Å². The zero-order chi connectivity index (χ0) is 73.2. The van der Waals surface area contributed by atoms with Gasteiger partial charge in [-0.3, -0.25) is 37.3 Å². The van der Waals surface area contributed by atoms with E-state index >= 15 is 0 Å². The molecule has 0 bridgehead atoms. The molecule has 0 aromatic carbocycles. The fraction of sp³-hybridized carbons (Fsp3) is 0.679. The van der Waals surface area contributed by atoms with E-state index in [4.69, 9.17) is 37.0 Å². The van der Waals surface area contributed by atoms with Crippen molar-refractivity contribution in [2.45, 2.75) is 316 Å². The zero-order valence-corrected chi connectivity index (χ0v) is 64.1. The lowest BCUT2D eigenvalue weighted by Gasteiger charge is -2.21.